The van der Waals surface area contributed by atoms with Crippen LogP contribution >= 0.6 is 0 Å². The second-order valence-corrected chi connectivity index (χ2v) is 6.75. The summed E-state index contributed by atoms with van der Waals surface area (Å²) in [6, 6.07) is 18.9. The highest BCUT2D eigenvalue weighted by atomic mass is 14.2. The van der Waals surface area contributed by atoms with E-state index < -0.39 is 0 Å². The Bertz CT molecular complexity index is 785. The Kier molecular flexibility index (Phi) is 5.86. The first-order chi connectivity index (χ1) is 12.3. The molecule has 2 aromatic carbocycles. The lowest BCUT2D eigenvalue weighted by atomic mass is 9.83. The minimum Gasteiger partial charge on any atom is -0.192 e. The lowest BCUT2D eigenvalue weighted by Crippen LogP contribution is -2.04. The SMILES string of the molecule is CC=CCCC1=CCC(c2ccc(-c3ccc(C#N)cc3)cc2)CC1. The van der Waals surface area contributed by atoms with E-state index in [1.165, 1.54) is 48.8 Å². The molecule has 0 saturated carbocycles. The minimum absolute atomic E-state index is 0.653. The molecule has 1 heteroatoms. The summed E-state index contributed by atoms with van der Waals surface area (Å²) in [5, 5.41) is 8.90. The first kappa shape index (κ1) is 17.2. The number of benzene rings is 2. The van der Waals surface area contributed by atoms with Crippen molar-refractivity contribution < 1.29 is 0 Å². The topological polar surface area (TPSA) is 23.8 Å². The maximum atomic E-state index is 8.90. The van der Waals surface area contributed by atoms with Crippen molar-refractivity contribution in [2.75, 3.05) is 0 Å². The van der Waals surface area contributed by atoms with Crippen molar-refractivity contribution in [3.05, 3.63) is 83.5 Å². The van der Waals surface area contributed by atoms with Crippen molar-refractivity contribution >= 4 is 0 Å². The first-order valence-corrected chi connectivity index (χ1v) is 9.19. The fraction of sp³-hybridized carbons (Fsp3) is 0.292. The molecule has 0 aliphatic heterocycles. The summed E-state index contributed by atoms with van der Waals surface area (Å²) in [6.07, 6.45) is 12.9. The molecule has 1 nitrogen and oxygen atoms in total. The molecule has 0 aromatic heterocycles. The van der Waals surface area contributed by atoms with Crippen molar-refractivity contribution in [2.45, 2.75) is 44.9 Å². The van der Waals surface area contributed by atoms with Crippen LogP contribution in [0, 0.1) is 11.3 Å². The molecular formula is C24H25N. The second kappa shape index (κ2) is 8.49. The molecule has 0 spiro atoms. The van der Waals surface area contributed by atoms with Gasteiger partial charge in [-0.05, 0) is 73.8 Å². The van der Waals surface area contributed by atoms with Crippen molar-refractivity contribution in [3.8, 4) is 17.2 Å². The molecule has 0 amide bonds. The van der Waals surface area contributed by atoms with Gasteiger partial charge in [-0.25, -0.2) is 0 Å². The molecular weight excluding hydrogens is 302 g/mol. The van der Waals surface area contributed by atoms with Gasteiger partial charge in [0.2, 0.25) is 0 Å². The Balaban J connectivity index is 1.64. The van der Waals surface area contributed by atoms with Crippen LogP contribution in [0.25, 0.3) is 11.1 Å². The zero-order valence-corrected chi connectivity index (χ0v) is 14.9. The van der Waals surface area contributed by atoms with Gasteiger partial charge in [0, 0.05) is 0 Å². The van der Waals surface area contributed by atoms with E-state index in [9.17, 15) is 0 Å². The molecule has 0 saturated heterocycles. The van der Waals surface area contributed by atoms with Gasteiger partial charge in [0.15, 0.2) is 0 Å². The van der Waals surface area contributed by atoms with E-state index in [-0.39, 0.29) is 0 Å². The third kappa shape index (κ3) is 4.48. The van der Waals surface area contributed by atoms with E-state index in [2.05, 4.69) is 55.5 Å². The average molecular weight is 327 g/mol. The fourth-order valence-electron chi connectivity index (χ4n) is 3.54. The highest BCUT2D eigenvalue weighted by Gasteiger charge is 2.16. The molecule has 0 N–H and O–H groups in total. The van der Waals surface area contributed by atoms with Crippen LogP contribution in [-0.2, 0) is 0 Å². The first-order valence-electron chi connectivity index (χ1n) is 9.19. The predicted molar refractivity (Wildman–Crippen MR) is 105 cm³/mol. The van der Waals surface area contributed by atoms with Gasteiger partial charge >= 0.3 is 0 Å². The van der Waals surface area contributed by atoms with Gasteiger partial charge in [0.05, 0.1) is 11.6 Å². The van der Waals surface area contributed by atoms with Crippen LogP contribution in [0.3, 0.4) is 0 Å². The quantitative estimate of drug-likeness (QED) is 0.555. The van der Waals surface area contributed by atoms with Crippen LogP contribution in [0.1, 0.15) is 56.1 Å². The van der Waals surface area contributed by atoms with Gasteiger partial charge in [-0.2, -0.15) is 5.26 Å². The summed E-state index contributed by atoms with van der Waals surface area (Å²) in [7, 11) is 0. The van der Waals surface area contributed by atoms with Crippen molar-refractivity contribution in [1.29, 1.82) is 5.26 Å². The molecule has 1 unspecified atom stereocenters. The molecule has 126 valence electrons. The highest BCUT2D eigenvalue weighted by molar-refractivity contribution is 5.64. The van der Waals surface area contributed by atoms with Gasteiger partial charge < -0.3 is 0 Å². The lowest BCUT2D eigenvalue weighted by Gasteiger charge is -2.22. The molecule has 1 aliphatic rings. The molecule has 2 aromatic rings. The van der Waals surface area contributed by atoms with Gasteiger partial charge in [-0.15, -0.1) is 0 Å². The molecule has 0 heterocycles. The monoisotopic (exact) mass is 327 g/mol. The summed E-state index contributed by atoms with van der Waals surface area (Å²) in [5.41, 5.74) is 6.16. The van der Waals surface area contributed by atoms with Crippen molar-refractivity contribution in [1.82, 2.24) is 0 Å². The molecule has 0 fully saturated rings. The summed E-state index contributed by atoms with van der Waals surface area (Å²) in [4.78, 5) is 0. The van der Waals surface area contributed by atoms with E-state index in [4.69, 9.17) is 5.26 Å². The van der Waals surface area contributed by atoms with Crippen LogP contribution in [-0.4, -0.2) is 0 Å². The Morgan fingerprint density at radius 3 is 2.28 bits per heavy atom. The maximum Gasteiger partial charge on any atom is 0.0991 e. The fourth-order valence-corrected chi connectivity index (χ4v) is 3.54. The zero-order valence-electron chi connectivity index (χ0n) is 14.9. The maximum absolute atomic E-state index is 8.90. The summed E-state index contributed by atoms with van der Waals surface area (Å²) in [6.45, 7) is 2.09. The summed E-state index contributed by atoms with van der Waals surface area (Å²) in [5.74, 6) is 0.653. The molecule has 1 aliphatic carbocycles. The predicted octanol–water partition coefficient (Wildman–Crippen LogP) is 6.78. The van der Waals surface area contributed by atoms with Crippen LogP contribution in [0.15, 0.2) is 72.3 Å². The number of hydrogen-bond acceptors (Lipinski definition) is 1. The molecule has 0 radical (unpaired) electrons. The molecule has 0 bridgehead atoms. The van der Waals surface area contributed by atoms with Crippen LogP contribution < -0.4 is 0 Å². The van der Waals surface area contributed by atoms with E-state index in [0.29, 0.717) is 11.5 Å². The molecule has 25 heavy (non-hydrogen) atoms. The number of rotatable bonds is 5. The van der Waals surface area contributed by atoms with Gasteiger partial charge in [-0.1, -0.05) is 60.2 Å². The Morgan fingerprint density at radius 2 is 1.72 bits per heavy atom. The third-order valence-corrected chi connectivity index (χ3v) is 5.10. The van der Waals surface area contributed by atoms with Crippen molar-refractivity contribution in [3.63, 3.8) is 0 Å². The summed E-state index contributed by atoms with van der Waals surface area (Å²) < 4.78 is 0. The third-order valence-electron chi connectivity index (χ3n) is 5.10. The van der Waals surface area contributed by atoms with Gasteiger partial charge in [-0.3, -0.25) is 0 Å². The Morgan fingerprint density at radius 1 is 1.04 bits per heavy atom. The average Bonchev–Trinajstić information content (AvgIpc) is 2.69. The highest BCUT2D eigenvalue weighted by Crippen LogP contribution is 2.34. The largest absolute Gasteiger partial charge is 0.192 e. The normalized spacial score (nSPS) is 17.3. The van der Waals surface area contributed by atoms with E-state index in [1.807, 2.05) is 24.3 Å². The molecule has 3 rings (SSSR count). The second-order valence-electron chi connectivity index (χ2n) is 6.75. The van der Waals surface area contributed by atoms with Crippen molar-refractivity contribution in [2.24, 2.45) is 0 Å². The number of nitrogens with zero attached hydrogens (tertiary/aromatic N) is 1. The smallest absolute Gasteiger partial charge is 0.0991 e. The number of nitriles is 1. The lowest BCUT2D eigenvalue weighted by molar-refractivity contribution is 0.586. The van der Waals surface area contributed by atoms with E-state index in [1.54, 1.807) is 5.57 Å². The van der Waals surface area contributed by atoms with E-state index >= 15 is 0 Å². The summed E-state index contributed by atoms with van der Waals surface area (Å²) >= 11 is 0. The molecule has 1 atom stereocenters. The number of hydrogen-bond donors (Lipinski definition) is 0. The van der Waals surface area contributed by atoms with Crippen LogP contribution in [0.2, 0.25) is 0 Å². The van der Waals surface area contributed by atoms with Gasteiger partial charge in [0.1, 0.15) is 0 Å². The van der Waals surface area contributed by atoms with Crippen LogP contribution in [0.5, 0.6) is 0 Å². The zero-order chi connectivity index (χ0) is 17.5. The number of allylic oxidation sites excluding steroid dienone is 4. The Hall–Kier alpha value is -2.59. The van der Waals surface area contributed by atoms with Crippen LogP contribution in [0.4, 0.5) is 0 Å². The minimum atomic E-state index is 0.653. The Labute approximate surface area is 151 Å². The van der Waals surface area contributed by atoms with Gasteiger partial charge in [0.25, 0.3) is 0 Å². The van der Waals surface area contributed by atoms with E-state index in [0.717, 1.165) is 0 Å². The standard InChI is InChI=1S/C24H25N/c1-2-3-4-5-19-6-10-21(11-7-19)23-14-16-24(17-15-23)22-12-8-20(18-25)9-13-22/h2-3,6,8-9,12-17,21H,4-5,7,10-11H2,1H3.